The topological polar surface area (TPSA) is 110 Å². The molecule has 0 amide bonds. The largest absolute Gasteiger partial charge is 0.384 e. The molecule has 0 aromatic heterocycles. The summed E-state index contributed by atoms with van der Waals surface area (Å²) in [5.74, 6) is 0.251. The monoisotopic (exact) mass is 200 g/mol. The Labute approximate surface area is 69.4 Å². The van der Waals surface area contributed by atoms with Crippen LogP contribution in [0.15, 0.2) is 0 Å². The highest BCUT2D eigenvalue weighted by Crippen LogP contribution is 2.50. The van der Waals surface area contributed by atoms with Crippen molar-refractivity contribution in [2.75, 3.05) is 12.3 Å². The van der Waals surface area contributed by atoms with E-state index in [1.54, 1.807) is 0 Å². The molecule has 0 aromatic carbocycles. The van der Waals surface area contributed by atoms with Gasteiger partial charge in [0, 0.05) is 11.8 Å². The van der Waals surface area contributed by atoms with E-state index in [9.17, 15) is 4.57 Å². The van der Waals surface area contributed by atoms with E-state index in [1.807, 2.05) is 0 Å². The Morgan fingerprint density at radius 3 is 2.45 bits per heavy atom. The minimum atomic E-state index is -3.95. The SMILES string of the molecule is NCC[C@H](N)CSP(=O)(O)O. The van der Waals surface area contributed by atoms with Crippen molar-refractivity contribution in [3.8, 4) is 0 Å². The molecule has 0 heterocycles. The van der Waals surface area contributed by atoms with Gasteiger partial charge in [-0.2, -0.15) is 0 Å². The van der Waals surface area contributed by atoms with E-state index in [2.05, 4.69) is 0 Å². The quantitative estimate of drug-likeness (QED) is 0.445. The molecule has 11 heavy (non-hydrogen) atoms. The second-order valence-corrected chi connectivity index (χ2v) is 5.90. The molecule has 0 aliphatic rings. The van der Waals surface area contributed by atoms with Crippen LogP contribution in [0.4, 0.5) is 0 Å². The third-order valence-corrected chi connectivity index (χ3v) is 3.36. The van der Waals surface area contributed by atoms with Crippen molar-refractivity contribution in [3.05, 3.63) is 0 Å². The lowest BCUT2D eigenvalue weighted by atomic mass is 10.2. The van der Waals surface area contributed by atoms with Crippen LogP contribution in [0.5, 0.6) is 0 Å². The van der Waals surface area contributed by atoms with Gasteiger partial charge in [0.05, 0.1) is 0 Å². The maximum atomic E-state index is 10.3. The van der Waals surface area contributed by atoms with Gasteiger partial charge in [-0.05, 0) is 24.3 Å². The summed E-state index contributed by atoms with van der Waals surface area (Å²) in [4.78, 5) is 16.8. The van der Waals surface area contributed by atoms with Crippen molar-refractivity contribution >= 4 is 18.2 Å². The summed E-state index contributed by atoms with van der Waals surface area (Å²) in [6.45, 7) is -3.50. The smallest absolute Gasteiger partial charge is 0.330 e. The first-order valence-corrected chi connectivity index (χ1v) is 6.31. The molecule has 0 fully saturated rings. The zero-order chi connectivity index (χ0) is 8.91. The summed E-state index contributed by atoms with van der Waals surface area (Å²) in [6, 6.07) is -0.224. The lowest BCUT2D eigenvalue weighted by Gasteiger charge is -2.09. The van der Waals surface area contributed by atoms with E-state index >= 15 is 0 Å². The molecule has 1 atom stereocenters. The van der Waals surface area contributed by atoms with Crippen LogP contribution in [0.2, 0.25) is 0 Å². The average Bonchev–Trinajstić information content (AvgIpc) is 1.83. The number of hydrogen-bond acceptors (Lipinski definition) is 4. The Morgan fingerprint density at radius 2 is 2.09 bits per heavy atom. The molecule has 0 saturated heterocycles. The molecule has 0 saturated carbocycles. The lowest BCUT2D eigenvalue weighted by Crippen LogP contribution is -2.25. The Hall–Kier alpha value is 0.420. The van der Waals surface area contributed by atoms with E-state index in [0.29, 0.717) is 24.3 Å². The van der Waals surface area contributed by atoms with Crippen LogP contribution in [-0.4, -0.2) is 28.1 Å². The minimum absolute atomic E-state index is 0.224. The van der Waals surface area contributed by atoms with E-state index in [4.69, 9.17) is 21.3 Å². The standard InChI is InChI=1S/C4H13N2O3PS/c5-2-1-4(6)3-11-10(7,8)9/h4H,1-3,5-6H2,(H2,7,8,9)/t4-/m0/s1. The van der Waals surface area contributed by atoms with Crippen molar-refractivity contribution in [2.24, 2.45) is 11.5 Å². The minimum Gasteiger partial charge on any atom is -0.330 e. The van der Waals surface area contributed by atoms with Gasteiger partial charge in [-0.25, -0.2) is 4.57 Å². The molecule has 6 N–H and O–H groups in total. The van der Waals surface area contributed by atoms with Crippen LogP contribution in [0, 0.1) is 0 Å². The molecular formula is C4H13N2O3PS. The normalized spacial score (nSPS) is 14.9. The lowest BCUT2D eigenvalue weighted by molar-refractivity contribution is 0.396. The third kappa shape index (κ3) is 8.33. The van der Waals surface area contributed by atoms with Gasteiger partial charge in [0.15, 0.2) is 0 Å². The molecule has 5 nitrogen and oxygen atoms in total. The average molecular weight is 200 g/mol. The first-order chi connectivity index (χ1) is 4.95. The molecule has 0 spiro atoms. The Morgan fingerprint density at radius 1 is 1.55 bits per heavy atom. The van der Waals surface area contributed by atoms with Crippen LogP contribution in [0.1, 0.15) is 6.42 Å². The number of hydrogen-bond donors (Lipinski definition) is 4. The zero-order valence-corrected chi connectivity index (χ0v) is 7.72. The van der Waals surface area contributed by atoms with Gasteiger partial charge in [0.25, 0.3) is 0 Å². The second-order valence-electron chi connectivity index (χ2n) is 2.12. The van der Waals surface area contributed by atoms with E-state index in [-0.39, 0.29) is 11.8 Å². The van der Waals surface area contributed by atoms with Crippen molar-refractivity contribution in [1.29, 1.82) is 0 Å². The van der Waals surface area contributed by atoms with Crippen molar-refractivity contribution in [2.45, 2.75) is 12.5 Å². The van der Waals surface area contributed by atoms with E-state index < -0.39 is 6.80 Å². The van der Waals surface area contributed by atoms with Gasteiger partial charge >= 0.3 is 6.80 Å². The van der Waals surface area contributed by atoms with Gasteiger partial charge in [0.2, 0.25) is 0 Å². The number of nitrogens with two attached hydrogens (primary N) is 2. The number of rotatable bonds is 5. The van der Waals surface area contributed by atoms with Gasteiger partial charge < -0.3 is 21.3 Å². The molecule has 0 aliphatic carbocycles. The fourth-order valence-electron chi connectivity index (χ4n) is 0.490. The van der Waals surface area contributed by atoms with Gasteiger partial charge in [-0.1, -0.05) is 0 Å². The molecule has 0 radical (unpaired) electrons. The van der Waals surface area contributed by atoms with Crippen LogP contribution < -0.4 is 11.5 Å². The summed E-state index contributed by atoms with van der Waals surface area (Å²) in [6.07, 6.45) is 0.590. The first kappa shape index (κ1) is 11.4. The summed E-state index contributed by atoms with van der Waals surface area (Å²) in [7, 11) is 0. The van der Waals surface area contributed by atoms with Crippen LogP contribution in [0.25, 0.3) is 0 Å². The highest BCUT2D eigenvalue weighted by atomic mass is 32.7. The predicted octanol–water partition coefficient (Wildman–Crippen LogP) is -0.512. The summed E-state index contributed by atoms with van der Waals surface area (Å²) >= 11 is 0.568. The molecular weight excluding hydrogens is 187 g/mol. The highest BCUT2D eigenvalue weighted by Gasteiger charge is 2.15. The van der Waals surface area contributed by atoms with Crippen molar-refractivity contribution in [3.63, 3.8) is 0 Å². The fraction of sp³-hybridized carbons (Fsp3) is 1.00. The Balaban J connectivity index is 3.46. The first-order valence-electron chi connectivity index (χ1n) is 3.11. The van der Waals surface area contributed by atoms with Crippen LogP contribution in [0.3, 0.4) is 0 Å². The van der Waals surface area contributed by atoms with Crippen LogP contribution in [-0.2, 0) is 4.57 Å². The van der Waals surface area contributed by atoms with Crippen molar-refractivity contribution in [1.82, 2.24) is 0 Å². The molecule has 0 unspecified atom stereocenters. The fourth-order valence-corrected chi connectivity index (χ4v) is 2.20. The maximum Gasteiger partial charge on any atom is 0.384 e. The molecule has 68 valence electrons. The van der Waals surface area contributed by atoms with E-state index in [0.717, 1.165) is 0 Å². The molecule has 0 bridgehead atoms. The van der Waals surface area contributed by atoms with Crippen molar-refractivity contribution < 1.29 is 14.4 Å². The Kier molecular flexibility index (Phi) is 5.33. The maximum absolute atomic E-state index is 10.3. The van der Waals surface area contributed by atoms with Gasteiger partial charge in [-0.3, -0.25) is 0 Å². The zero-order valence-electron chi connectivity index (χ0n) is 6.01. The molecule has 7 heteroatoms. The predicted molar refractivity (Wildman–Crippen MR) is 46.1 cm³/mol. The van der Waals surface area contributed by atoms with E-state index in [1.165, 1.54) is 0 Å². The van der Waals surface area contributed by atoms with Gasteiger partial charge in [-0.15, -0.1) is 0 Å². The summed E-state index contributed by atoms with van der Waals surface area (Å²) in [5.41, 5.74) is 10.6. The highest BCUT2D eigenvalue weighted by molar-refractivity contribution is 8.54. The summed E-state index contributed by atoms with van der Waals surface area (Å²) in [5, 5.41) is 0. The van der Waals surface area contributed by atoms with Gasteiger partial charge in [0.1, 0.15) is 0 Å². The molecule has 0 aromatic rings. The molecule has 0 rings (SSSR count). The molecule has 0 aliphatic heterocycles. The van der Waals surface area contributed by atoms with Crippen LogP contribution >= 0.6 is 18.2 Å². The Bertz CT molecular complexity index is 150. The second kappa shape index (κ2) is 5.13. The third-order valence-electron chi connectivity index (χ3n) is 0.994. The summed E-state index contributed by atoms with van der Waals surface area (Å²) < 4.78 is 10.3.